The minimum atomic E-state index is 0.422. The largest absolute Gasteiger partial charge is 0.326 e. The molecule has 2 nitrogen and oxygen atoms in total. The number of nitrogens with two attached hydrogens (primary N) is 1. The second kappa shape index (κ2) is 4.84. The van der Waals surface area contributed by atoms with Crippen molar-refractivity contribution in [3.8, 4) is 0 Å². The zero-order valence-corrected chi connectivity index (χ0v) is 10.3. The normalized spacial score (nSPS) is 38.0. The van der Waals surface area contributed by atoms with Gasteiger partial charge in [-0.2, -0.15) is 0 Å². The molecule has 2 saturated carbocycles. The molecule has 15 heavy (non-hydrogen) atoms. The van der Waals surface area contributed by atoms with Gasteiger partial charge in [0.25, 0.3) is 0 Å². The van der Waals surface area contributed by atoms with Crippen molar-refractivity contribution in [3.05, 3.63) is 0 Å². The first kappa shape index (κ1) is 11.4. The van der Waals surface area contributed by atoms with Crippen molar-refractivity contribution in [3.63, 3.8) is 0 Å². The Morgan fingerprint density at radius 2 is 1.93 bits per heavy atom. The van der Waals surface area contributed by atoms with Gasteiger partial charge >= 0.3 is 0 Å². The minimum Gasteiger partial charge on any atom is -0.326 e. The van der Waals surface area contributed by atoms with Crippen molar-refractivity contribution in [2.45, 2.75) is 57.5 Å². The summed E-state index contributed by atoms with van der Waals surface area (Å²) < 4.78 is 0. The van der Waals surface area contributed by atoms with Gasteiger partial charge in [-0.05, 0) is 51.0 Å². The average molecular weight is 210 g/mol. The summed E-state index contributed by atoms with van der Waals surface area (Å²) in [4.78, 5) is 2.55. The van der Waals surface area contributed by atoms with Crippen molar-refractivity contribution in [1.82, 2.24) is 4.90 Å². The van der Waals surface area contributed by atoms with Gasteiger partial charge in [-0.25, -0.2) is 0 Å². The third-order valence-corrected chi connectivity index (χ3v) is 4.47. The minimum absolute atomic E-state index is 0.422. The van der Waals surface area contributed by atoms with Crippen LogP contribution in [-0.4, -0.2) is 30.6 Å². The highest BCUT2D eigenvalue weighted by Gasteiger charge is 2.30. The molecular weight excluding hydrogens is 184 g/mol. The van der Waals surface area contributed by atoms with Crippen LogP contribution in [0.2, 0.25) is 0 Å². The lowest BCUT2D eigenvalue weighted by Crippen LogP contribution is -2.51. The fraction of sp³-hybridized carbons (Fsp3) is 1.00. The summed E-state index contributed by atoms with van der Waals surface area (Å²) in [5.74, 6) is 1.85. The number of nitrogens with zero attached hydrogens (tertiary/aromatic N) is 1. The fourth-order valence-corrected chi connectivity index (χ4v) is 3.10. The average Bonchev–Trinajstić information content (AvgIpc) is 2.15. The van der Waals surface area contributed by atoms with E-state index in [-0.39, 0.29) is 0 Å². The fourth-order valence-electron chi connectivity index (χ4n) is 3.10. The van der Waals surface area contributed by atoms with Crippen LogP contribution >= 0.6 is 0 Å². The highest BCUT2D eigenvalue weighted by molar-refractivity contribution is 4.88. The van der Waals surface area contributed by atoms with Gasteiger partial charge in [-0.15, -0.1) is 0 Å². The van der Waals surface area contributed by atoms with E-state index in [0.717, 1.165) is 11.8 Å². The molecule has 0 amide bonds. The summed E-state index contributed by atoms with van der Waals surface area (Å²) in [6.07, 6.45) is 8.20. The van der Waals surface area contributed by atoms with Gasteiger partial charge in [0.2, 0.25) is 0 Å². The Balaban J connectivity index is 1.83. The number of rotatable bonds is 3. The third-order valence-electron chi connectivity index (χ3n) is 4.47. The summed E-state index contributed by atoms with van der Waals surface area (Å²) in [5.41, 5.74) is 6.24. The molecule has 0 aromatic heterocycles. The predicted molar refractivity (Wildman–Crippen MR) is 64.7 cm³/mol. The first-order valence-electron chi connectivity index (χ1n) is 6.62. The molecule has 0 heterocycles. The standard InChI is InChI=1S/C13H26N2/c1-10-6-7-12(14)13(8-10)15(2)9-11-4-3-5-11/h10-13H,3-9,14H2,1-2H3. The van der Waals surface area contributed by atoms with Crippen LogP contribution in [0.15, 0.2) is 0 Å². The molecule has 2 heteroatoms. The maximum Gasteiger partial charge on any atom is 0.0246 e. The van der Waals surface area contributed by atoms with Crippen LogP contribution in [0.5, 0.6) is 0 Å². The lowest BCUT2D eigenvalue weighted by molar-refractivity contribution is 0.105. The van der Waals surface area contributed by atoms with Crippen LogP contribution in [-0.2, 0) is 0 Å². The Morgan fingerprint density at radius 1 is 1.20 bits per heavy atom. The third kappa shape index (κ3) is 2.73. The molecule has 2 rings (SSSR count). The van der Waals surface area contributed by atoms with Crippen LogP contribution in [0.25, 0.3) is 0 Å². The molecule has 0 radical (unpaired) electrons. The lowest BCUT2D eigenvalue weighted by atomic mass is 9.81. The van der Waals surface area contributed by atoms with Crippen LogP contribution in [0, 0.1) is 11.8 Å². The summed E-state index contributed by atoms with van der Waals surface area (Å²) in [5, 5.41) is 0. The van der Waals surface area contributed by atoms with Crippen molar-refractivity contribution in [1.29, 1.82) is 0 Å². The van der Waals surface area contributed by atoms with E-state index >= 15 is 0 Å². The molecule has 0 aromatic rings. The maximum atomic E-state index is 6.24. The van der Waals surface area contributed by atoms with E-state index in [9.17, 15) is 0 Å². The van der Waals surface area contributed by atoms with Gasteiger partial charge in [0.1, 0.15) is 0 Å². The molecule has 3 unspecified atom stereocenters. The summed E-state index contributed by atoms with van der Waals surface area (Å²) in [6.45, 7) is 3.65. The summed E-state index contributed by atoms with van der Waals surface area (Å²) in [6, 6.07) is 1.07. The van der Waals surface area contributed by atoms with E-state index in [2.05, 4.69) is 18.9 Å². The molecule has 2 N–H and O–H groups in total. The number of hydrogen-bond donors (Lipinski definition) is 1. The summed E-state index contributed by atoms with van der Waals surface area (Å²) >= 11 is 0. The monoisotopic (exact) mass is 210 g/mol. The van der Waals surface area contributed by atoms with Gasteiger partial charge in [-0.3, -0.25) is 0 Å². The molecule has 3 atom stereocenters. The molecule has 2 aliphatic carbocycles. The van der Waals surface area contributed by atoms with E-state index in [1.807, 2.05) is 0 Å². The smallest absolute Gasteiger partial charge is 0.0246 e. The van der Waals surface area contributed by atoms with Gasteiger partial charge in [0.05, 0.1) is 0 Å². The van der Waals surface area contributed by atoms with Crippen LogP contribution in [0.3, 0.4) is 0 Å². The van der Waals surface area contributed by atoms with Crippen LogP contribution < -0.4 is 5.73 Å². The SMILES string of the molecule is CC1CCC(N)C(N(C)CC2CCC2)C1. The van der Waals surface area contributed by atoms with E-state index in [0.29, 0.717) is 12.1 Å². The van der Waals surface area contributed by atoms with Gasteiger partial charge in [-0.1, -0.05) is 13.3 Å². The topological polar surface area (TPSA) is 29.3 Å². The highest BCUT2D eigenvalue weighted by Crippen LogP contribution is 2.30. The second-order valence-electron chi connectivity index (χ2n) is 5.89. The Hall–Kier alpha value is -0.0800. The van der Waals surface area contributed by atoms with Crippen LogP contribution in [0.4, 0.5) is 0 Å². The van der Waals surface area contributed by atoms with Crippen molar-refractivity contribution < 1.29 is 0 Å². The molecule has 88 valence electrons. The highest BCUT2D eigenvalue weighted by atomic mass is 15.1. The lowest BCUT2D eigenvalue weighted by Gasteiger charge is -2.41. The maximum absolute atomic E-state index is 6.24. The molecule has 2 fully saturated rings. The van der Waals surface area contributed by atoms with E-state index in [1.165, 1.54) is 45.1 Å². The van der Waals surface area contributed by atoms with E-state index in [1.54, 1.807) is 0 Å². The number of likely N-dealkylation sites (N-methyl/N-ethyl adjacent to an activating group) is 1. The Morgan fingerprint density at radius 3 is 2.53 bits per heavy atom. The molecular formula is C13H26N2. The van der Waals surface area contributed by atoms with Gasteiger partial charge < -0.3 is 10.6 Å². The molecule has 2 aliphatic rings. The quantitative estimate of drug-likeness (QED) is 0.774. The molecule has 0 saturated heterocycles. The van der Waals surface area contributed by atoms with E-state index in [4.69, 9.17) is 5.73 Å². The predicted octanol–water partition coefficient (Wildman–Crippen LogP) is 2.23. The Bertz CT molecular complexity index is 201. The Kier molecular flexibility index (Phi) is 3.68. The second-order valence-corrected chi connectivity index (χ2v) is 5.89. The van der Waals surface area contributed by atoms with Crippen molar-refractivity contribution in [2.75, 3.05) is 13.6 Å². The number of hydrogen-bond acceptors (Lipinski definition) is 2. The van der Waals surface area contributed by atoms with Crippen molar-refractivity contribution in [2.24, 2.45) is 17.6 Å². The molecule has 0 aliphatic heterocycles. The first-order chi connectivity index (χ1) is 7.16. The zero-order chi connectivity index (χ0) is 10.8. The van der Waals surface area contributed by atoms with Gasteiger partial charge in [0, 0.05) is 18.6 Å². The molecule has 0 aromatic carbocycles. The van der Waals surface area contributed by atoms with Crippen LogP contribution in [0.1, 0.15) is 45.4 Å². The van der Waals surface area contributed by atoms with Gasteiger partial charge in [0.15, 0.2) is 0 Å². The Labute approximate surface area is 94.2 Å². The molecule has 0 bridgehead atoms. The molecule has 0 spiro atoms. The summed E-state index contributed by atoms with van der Waals surface area (Å²) in [7, 11) is 2.28. The first-order valence-corrected chi connectivity index (χ1v) is 6.62. The zero-order valence-electron chi connectivity index (χ0n) is 10.3. The van der Waals surface area contributed by atoms with E-state index < -0.39 is 0 Å². The van der Waals surface area contributed by atoms with Crippen molar-refractivity contribution >= 4 is 0 Å².